The van der Waals surface area contributed by atoms with Crippen molar-refractivity contribution in [2.45, 2.75) is 26.3 Å². The quantitative estimate of drug-likeness (QED) is 0.632. The van der Waals surface area contributed by atoms with Crippen LogP contribution in [-0.4, -0.2) is 41.8 Å². The summed E-state index contributed by atoms with van der Waals surface area (Å²) in [5.74, 6) is -0.121. The molecule has 0 unspecified atom stereocenters. The lowest BCUT2D eigenvalue weighted by molar-refractivity contribution is 0.0696. The average molecular weight is 381 g/mol. The maximum absolute atomic E-state index is 12.2. The molecule has 10 heteroatoms. The molecule has 0 aliphatic carbocycles. The fourth-order valence-electron chi connectivity index (χ4n) is 2.43. The van der Waals surface area contributed by atoms with Crippen molar-refractivity contribution in [3.05, 3.63) is 48.4 Å². The Morgan fingerprint density at radius 1 is 1.11 bits per heavy atom. The third-order valence-electron chi connectivity index (χ3n) is 3.74. The first-order chi connectivity index (χ1) is 13.2. The van der Waals surface area contributed by atoms with Crippen LogP contribution >= 0.6 is 0 Å². The van der Waals surface area contributed by atoms with Crippen molar-refractivity contribution in [2.24, 2.45) is 0 Å². The fourth-order valence-corrected chi connectivity index (χ4v) is 2.43. The number of nitrogens with zero attached hydrogens (tertiary/aromatic N) is 5. The summed E-state index contributed by atoms with van der Waals surface area (Å²) < 4.78 is 1.89. The van der Waals surface area contributed by atoms with Gasteiger partial charge in [0.2, 0.25) is 0 Å². The highest BCUT2D eigenvalue weighted by atomic mass is 16.4. The second-order valence-electron chi connectivity index (χ2n) is 6.92. The van der Waals surface area contributed by atoms with Crippen molar-refractivity contribution >= 4 is 23.6 Å². The fraction of sp³-hybridized carbons (Fsp3) is 0.222. The first-order valence-electron chi connectivity index (χ1n) is 8.39. The SMILES string of the molecule is CC(C)(C)n1cnnc1-c1cccc(NC(=O)Nc2cc(C(=O)O)ccn2)n1. The lowest BCUT2D eigenvalue weighted by atomic mass is 10.1. The number of nitrogens with one attached hydrogen (secondary N) is 2. The van der Waals surface area contributed by atoms with Crippen LogP contribution in [0.25, 0.3) is 11.5 Å². The van der Waals surface area contributed by atoms with Gasteiger partial charge in [0.1, 0.15) is 23.7 Å². The van der Waals surface area contributed by atoms with Gasteiger partial charge in [0.25, 0.3) is 0 Å². The third-order valence-corrected chi connectivity index (χ3v) is 3.74. The zero-order valence-corrected chi connectivity index (χ0v) is 15.5. The molecular formula is C18H19N7O3. The van der Waals surface area contributed by atoms with Gasteiger partial charge in [-0.15, -0.1) is 10.2 Å². The van der Waals surface area contributed by atoms with Crippen molar-refractivity contribution in [3.63, 3.8) is 0 Å². The Morgan fingerprint density at radius 3 is 2.57 bits per heavy atom. The predicted molar refractivity (Wildman–Crippen MR) is 102 cm³/mol. The molecule has 0 atom stereocenters. The van der Waals surface area contributed by atoms with Crippen LogP contribution in [0.3, 0.4) is 0 Å². The minimum atomic E-state index is -1.11. The first kappa shape index (κ1) is 19.0. The van der Waals surface area contributed by atoms with Crippen LogP contribution in [0.15, 0.2) is 42.9 Å². The van der Waals surface area contributed by atoms with E-state index in [1.807, 2.05) is 25.3 Å². The molecule has 3 aromatic heterocycles. The summed E-state index contributed by atoms with van der Waals surface area (Å²) in [5.41, 5.74) is 0.338. The summed E-state index contributed by atoms with van der Waals surface area (Å²) in [4.78, 5) is 31.5. The molecule has 0 fully saturated rings. The normalized spacial score (nSPS) is 11.1. The van der Waals surface area contributed by atoms with E-state index in [0.29, 0.717) is 17.3 Å². The first-order valence-corrected chi connectivity index (χ1v) is 8.39. The second-order valence-corrected chi connectivity index (χ2v) is 6.92. The molecular weight excluding hydrogens is 362 g/mol. The van der Waals surface area contributed by atoms with Crippen molar-refractivity contribution in [2.75, 3.05) is 10.6 Å². The van der Waals surface area contributed by atoms with Gasteiger partial charge in [-0.25, -0.2) is 19.6 Å². The molecule has 0 aliphatic heterocycles. The number of aromatic carboxylic acids is 1. The van der Waals surface area contributed by atoms with Gasteiger partial charge >= 0.3 is 12.0 Å². The highest BCUT2D eigenvalue weighted by molar-refractivity contribution is 5.99. The molecule has 2 amide bonds. The molecule has 3 heterocycles. The highest BCUT2D eigenvalue weighted by Crippen LogP contribution is 2.23. The molecule has 3 N–H and O–H groups in total. The van der Waals surface area contributed by atoms with Crippen LogP contribution in [0.4, 0.5) is 16.4 Å². The Bertz CT molecular complexity index is 1020. The van der Waals surface area contributed by atoms with Crippen LogP contribution in [0.5, 0.6) is 0 Å². The van der Waals surface area contributed by atoms with Crippen LogP contribution in [0, 0.1) is 0 Å². The van der Waals surface area contributed by atoms with E-state index >= 15 is 0 Å². The monoisotopic (exact) mass is 381 g/mol. The molecule has 0 spiro atoms. The largest absolute Gasteiger partial charge is 0.478 e. The van der Waals surface area contributed by atoms with Crippen molar-refractivity contribution in [3.8, 4) is 11.5 Å². The Hall–Kier alpha value is -3.82. The lowest BCUT2D eigenvalue weighted by Gasteiger charge is -2.22. The Morgan fingerprint density at radius 2 is 1.86 bits per heavy atom. The van der Waals surface area contributed by atoms with Gasteiger partial charge in [-0.3, -0.25) is 10.6 Å². The zero-order valence-electron chi connectivity index (χ0n) is 15.5. The number of pyridine rings is 2. The van der Waals surface area contributed by atoms with E-state index in [1.165, 1.54) is 18.3 Å². The van der Waals surface area contributed by atoms with Crippen LogP contribution < -0.4 is 10.6 Å². The van der Waals surface area contributed by atoms with E-state index in [9.17, 15) is 9.59 Å². The van der Waals surface area contributed by atoms with Crippen molar-refractivity contribution in [1.29, 1.82) is 0 Å². The van der Waals surface area contributed by atoms with E-state index in [2.05, 4.69) is 30.8 Å². The van der Waals surface area contributed by atoms with E-state index in [0.717, 1.165) is 0 Å². The van der Waals surface area contributed by atoms with Crippen LogP contribution in [-0.2, 0) is 5.54 Å². The van der Waals surface area contributed by atoms with E-state index < -0.39 is 12.0 Å². The predicted octanol–water partition coefficient (Wildman–Crippen LogP) is 2.83. The summed E-state index contributed by atoms with van der Waals surface area (Å²) in [6.45, 7) is 6.06. The molecule has 0 aliphatic rings. The summed E-state index contributed by atoms with van der Waals surface area (Å²) in [6, 6.07) is 7.13. The topological polar surface area (TPSA) is 135 Å². The molecule has 10 nitrogen and oxygen atoms in total. The van der Waals surface area contributed by atoms with Gasteiger partial charge < -0.3 is 9.67 Å². The molecule has 28 heavy (non-hydrogen) atoms. The Balaban J connectivity index is 1.77. The maximum atomic E-state index is 12.2. The van der Waals surface area contributed by atoms with E-state index in [1.54, 1.807) is 24.5 Å². The maximum Gasteiger partial charge on any atom is 0.335 e. The number of anilines is 2. The van der Waals surface area contributed by atoms with Crippen molar-refractivity contribution in [1.82, 2.24) is 24.7 Å². The molecule has 0 saturated heterocycles. The molecule has 0 saturated carbocycles. The number of rotatable bonds is 4. The molecule has 0 bridgehead atoms. The number of carboxylic acid groups (broad SMARTS) is 1. The number of carbonyl (C=O) groups is 2. The lowest BCUT2D eigenvalue weighted by Crippen LogP contribution is -2.23. The van der Waals surface area contributed by atoms with Gasteiger partial charge in [-0.2, -0.15) is 0 Å². The highest BCUT2D eigenvalue weighted by Gasteiger charge is 2.20. The van der Waals surface area contributed by atoms with Crippen molar-refractivity contribution < 1.29 is 14.7 Å². The zero-order chi connectivity index (χ0) is 20.3. The van der Waals surface area contributed by atoms with Crippen LogP contribution in [0.2, 0.25) is 0 Å². The van der Waals surface area contributed by atoms with Gasteiger partial charge in [0.05, 0.1) is 5.56 Å². The Kier molecular flexibility index (Phi) is 5.03. The number of carboxylic acids is 1. The average Bonchev–Trinajstić information content (AvgIpc) is 3.12. The summed E-state index contributed by atoms with van der Waals surface area (Å²) >= 11 is 0. The number of hydrogen-bond donors (Lipinski definition) is 3. The number of aromatic nitrogens is 5. The van der Waals surface area contributed by atoms with Crippen LogP contribution in [0.1, 0.15) is 31.1 Å². The molecule has 3 aromatic rings. The Labute approximate surface area is 160 Å². The van der Waals surface area contributed by atoms with Gasteiger partial charge in [0.15, 0.2) is 5.82 Å². The van der Waals surface area contributed by atoms with Gasteiger partial charge in [-0.1, -0.05) is 6.07 Å². The summed E-state index contributed by atoms with van der Waals surface area (Å²) in [7, 11) is 0. The second kappa shape index (κ2) is 7.43. The number of amides is 2. The summed E-state index contributed by atoms with van der Waals surface area (Å²) in [6.07, 6.45) is 2.93. The third kappa shape index (κ3) is 4.29. The smallest absolute Gasteiger partial charge is 0.335 e. The van der Waals surface area contributed by atoms with Gasteiger partial charge in [0, 0.05) is 11.7 Å². The number of urea groups is 1. The number of carbonyl (C=O) groups excluding carboxylic acids is 1. The number of hydrogen-bond acceptors (Lipinski definition) is 6. The van der Waals surface area contributed by atoms with Gasteiger partial charge in [-0.05, 0) is 45.0 Å². The molecule has 3 rings (SSSR count). The van der Waals surface area contributed by atoms with E-state index in [-0.39, 0.29) is 16.9 Å². The molecule has 144 valence electrons. The minimum absolute atomic E-state index is 0.0203. The minimum Gasteiger partial charge on any atom is -0.478 e. The summed E-state index contributed by atoms with van der Waals surface area (Å²) in [5, 5.41) is 22.1. The standard InChI is InChI=1S/C18H19N7O3/c1-18(2,3)25-10-20-24-15(25)12-5-4-6-13(21-12)22-17(28)23-14-9-11(16(26)27)7-8-19-14/h4-10H,1-3H3,(H,26,27)(H2,19,21,22,23,28). The van der Waals surface area contributed by atoms with E-state index in [4.69, 9.17) is 5.11 Å². The molecule has 0 radical (unpaired) electrons. The molecule has 0 aromatic carbocycles.